The lowest BCUT2D eigenvalue weighted by atomic mass is 9.74. The minimum atomic E-state index is -0.842. The van der Waals surface area contributed by atoms with Crippen LogP contribution < -0.4 is 10.6 Å². The van der Waals surface area contributed by atoms with Gasteiger partial charge >= 0.3 is 12.0 Å². The molecule has 3 aliphatic rings. The molecular formula is C14H23N3O3. The molecule has 1 aliphatic heterocycles. The SMILES string of the molecule is O=C(O)CC1(NC(=O)NC2CCN(C3CC3)C2)CCC1. The molecule has 1 heterocycles. The van der Waals surface area contributed by atoms with Gasteiger partial charge < -0.3 is 15.7 Å². The molecule has 2 saturated carbocycles. The van der Waals surface area contributed by atoms with Gasteiger partial charge in [-0.2, -0.15) is 0 Å². The quantitative estimate of drug-likeness (QED) is 0.700. The predicted octanol–water partition coefficient (Wildman–Crippen LogP) is 0.920. The fraction of sp³-hybridized carbons (Fsp3) is 0.857. The van der Waals surface area contributed by atoms with Crippen LogP contribution in [0.4, 0.5) is 4.79 Å². The number of urea groups is 1. The largest absolute Gasteiger partial charge is 0.481 e. The van der Waals surface area contributed by atoms with E-state index in [0.29, 0.717) is 0 Å². The third-order valence-corrected chi connectivity index (χ3v) is 4.80. The van der Waals surface area contributed by atoms with Crippen molar-refractivity contribution in [3.8, 4) is 0 Å². The average Bonchev–Trinajstić information content (AvgIpc) is 3.07. The van der Waals surface area contributed by atoms with E-state index < -0.39 is 11.5 Å². The van der Waals surface area contributed by atoms with E-state index in [1.165, 1.54) is 12.8 Å². The van der Waals surface area contributed by atoms with Crippen molar-refractivity contribution < 1.29 is 14.7 Å². The van der Waals surface area contributed by atoms with E-state index in [1.54, 1.807) is 0 Å². The van der Waals surface area contributed by atoms with Gasteiger partial charge in [0.1, 0.15) is 0 Å². The predicted molar refractivity (Wildman–Crippen MR) is 73.5 cm³/mol. The summed E-state index contributed by atoms with van der Waals surface area (Å²) < 4.78 is 0. The lowest BCUT2D eigenvalue weighted by Gasteiger charge is -2.41. The molecule has 20 heavy (non-hydrogen) atoms. The highest BCUT2D eigenvalue weighted by Gasteiger charge is 2.41. The highest BCUT2D eigenvalue weighted by Crippen LogP contribution is 2.35. The van der Waals surface area contributed by atoms with Gasteiger partial charge in [-0.1, -0.05) is 0 Å². The zero-order chi connectivity index (χ0) is 14.2. The molecule has 3 N–H and O–H groups in total. The second-order valence-corrected chi connectivity index (χ2v) is 6.51. The Morgan fingerprint density at radius 2 is 2.00 bits per heavy atom. The van der Waals surface area contributed by atoms with Crippen molar-refractivity contribution >= 4 is 12.0 Å². The topological polar surface area (TPSA) is 81.7 Å². The Labute approximate surface area is 118 Å². The summed E-state index contributed by atoms with van der Waals surface area (Å²) in [7, 11) is 0. The first kappa shape index (κ1) is 13.7. The Kier molecular flexibility index (Phi) is 3.58. The van der Waals surface area contributed by atoms with Gasteiger partial charge in [-0.05, 0) is 38.5 Å². The monoisotopic (exact) mass is 281 g/mol. The van der Waals surface area contributed by atoms with Crippen molar-refractivity contribution in [2.24, 2.45) is 0 Å². The number of hydrogen-bond acceptors (Lipinski definition) is 3. The van der Waals surface area contributed by atoms with Crippen molar-refractivity contribution in [2.45, 2.75) is 62.6 Å². The zero-order valence-electron chi connectivity index (χ0n) is 11.7. The van der Waals surface area contributed by atoms with Crippen molar-refractivity contribution in [3.05, 3.63) is 0 Å². The number of hydrogen-bond donors (Lipinski definition) is 3. The number of amides is 2. The third kappa shape index (κ3) is 3.06. The zero-order valence-corrected chi connectivity index (χ0v) is 11.7. The molecule has 0 radical (unpaired) electrons. The maximum absolute atomic E-state index is 12.0. The molecule has 0 aromatic rings. The van der Waals surface area contributed by atoms with E-state index in [-0.39, 0.29) is 18.5 Å². The van der Waals surface area contributed by atoms with Gasteiger partial charge in [0.05, 0.1) is 12.0 Å². The number of nitrogens with zero attached hydrogens (tertiary/aromatic N) is 1. The fourth-order valence-corrected chi connectivity index (χ4v) is 3.38. The molecule has 3 fully saturated rings. The van der Waals surface area contributed by atoms with Crippen molar-refractivity contribution in [2.75, 3.05) is 13.1 Å². The first-order chi connectivity index (χ1) is 9.56. The Hall–Kier alpha value is -1.30. The minimum absolute atomic E-state index is 0.0271. The molecule has 1 saturated heterocycles. The molecule has 6 heteroatoms. The summed E-state index contributed by atoms with van der Waals surface area (Å²) >= 11 is 0. The normalized spacial score (nSPS) is 28.7. The third-order valence-electron chi connectivity index (χ3n) is 4.80. The fourth-order valence-electron chi connectivity index (χ4n) is 3.38. The first-order valence-corrected chi connectivity index (χ1v) is 7.61. The summed E-state index contributed by atoms with van der Waals surface area (Å²) in [6, 6.07) is 0.751. The highest BCUT2D eigenvalue weighted by atomic mass is 16.4. The van der Waals surface area contributed by atoms with E-state index >= 15 is 0 Å². The first-order valence-electron chi connectivity index (χ1n) is 7.61. The summed E-state index contributed by atoms with van der Waals surface area (Å²) in [5.74, 6) is -0.842. The van der Waals surface area contributed by atoms with Crippen LogP contribution in [0.3, 0.4) is 0 Å². The molecule has 0 bridgehead atoms. The molecule has 0 aromatic carbocycles. The number of rotatable bonds is 5. The van der Waals surface area contributed by atoms with Crippen LogP contribution in [-0.2, 0) is 4.79 Å². The molecule has 6 nitrogen and oxygen atoms in total. The van der Waals surface area contributed by atoms with E-state index in [0.717, 1.165) is 44.8 Å². The second kappa shape index (κ2) is 5.24. The van der Waals surface area contributed by atoms with Crippen LogP contribution in [0.25, 0.3) is 0 Å². The van der Waals surface area contributed by atoms with Gasteiger partial charge in [-0.25, -0.2) is 4.79 Å². The summed E-state index contributed by atoms with van der Waals surface area (Å²) in [4.78, 5) is 25.4. The van der Waals surface area contributed by atoms with Crippen LogP contribution in [0, 0.1) is 0 Å². The van der Waals surface area contributed by atoms with Gasteiger partial charge in [-0.15, -0.1) is 0 Å². The molecule has 1 atom stereocenters. The maximum Gasteiger partial charge on any atom is 0.315 e. The summed E-state index contributed by atoms with van der Waals surface area (Å²) in [5, 5.41) is 14.8. The lowest BCUT2D eigenvalue weighted by molar-refractivity contribution is -0.139. The summed E-state index contributed by atoms with van der Waals surface area (Å²) in [6.07, 6.45) is 6.14. The van der Waals surface area contributed by atoms with Crippen LogP contribution in [0.15, 0.2) is 0 Å². The van der Waals surface area contributed by atoms with Crippen LogP contribution in [0.1, 0.15) is 44.9 Å². The number of carbonyl (C=O) groups excluding carboxylic acids is 1. The van der Waals surface area contributed by atoms with Crippen LogP contribution in [0.5, 0.6) is 0 Å². The van der Waals surface area contributed by atoms with Crippen molar-refractivity contribution in [1.29, 1.82) is 0 Å². The van der Waals surface area contributed by atoms with Gasteiger partial charge in [0.25, 0.3) is 0 Å². The molecule has 112 valence electrons. The number of likely N-dealkylation sites (tertiary alicyclic amines) is 1. The van der Waals surface area contributed by atoms with Gasteiger partial charge in [0.15, 0.2) is 0 Å². The van der Waals surface area contributed by atoms with Crippen LogP contribution in [-0.4, -0.2) is 52.7 Å². The molecule has 3 rings (SSSR count). The van der Waals surface area contributed by atoms with Gasteiger partial charge in [0, 0.05) is 25.2 Å². The maximum atomic E-state index is 12.0. The Balaban J connectivity index is 1.45. The van der Waals surface area contributed by atoms with Crippen molar-refractivity contribution in [3.63, 3.8) is 0 Å². The summed E-state index contributed by atoms with van der Waals surface area (Å²) in [6.45, 7) is 2.00. The molecule has 2 amide bonds. The number of carboxylic acid groups (broad SMARTS) is 1. The highest BCUT2D eigenvalue weighted by molar-refractivity contribution is 5.77. The van der Waals surface area contributed by atoms with Crippen LogP contribution in [0.2, 0.25) is 0 Å². The van der Waals surface area contributed by atoms with Gasteiger partial charge in [0.2, 0.25) is 0 Å². The minimum Gasteiger partial charge on any atom is -0.481 e. The van der Waals surface area contributed by atoms with E-state index in [2.05, 4.69) is 15.5 Å². The smallest absolute Gasteiger partial charge is 0.315 e. The average molecular weight is 281 g/mol. The van der Waals surface area contributed by atoms with Gasteiger partial charge in [-0.3, -0.25) is 9.69 Å². The number of carboxylic acids is 1. The Morgan fingerprint density at radius 3 is 2.55 bits per heavy atom. The molecule has 1 unspecified atom stereocenters. The standard InChI is InChI=1S/C14H23N3O3/c18-12(19)8-14(5-1-6-14)16-13(20)15-10-4-7-17(9-10)11-2-3-11/h10-11H,1-9H2,(H,18,19)(H2,15,16,20). The van der Waals surface area contributed by atoms with E-state index in [4.69, 9.17) is 5.11 Å². The summed E-state index contributed by atoms with van der Waals surface area (Å²) in [5.41, 5.74) is -0.509. The molecule has 0 aromatic heterocycles. The molecular weight excluding hydrogens is 258 g/mol. The number of nitrogens with one attached hydrogen (secondary N) is 2. The lowest BCUT2D eigenvalue weighted by Crippen LogP contribution is -2.58. The van der Waals surface area contributed by atoms with Crippen molar-refractivity contribution in [1.82, 2.24) is 15.5 Å². The van der Waals surface area contributed by atoms with E-state index in [1.807, 2.05) is 0 Å². The van der Waals surface area contributed by atoms with E-state index in [9.17, 15) is 9.59 Å². The Bertz CT molecular complexity index is 404. The second-order valence-electron chi connectivity index (χ2n) is 6.51. The Morgan fingerprint density at radius 1 is 1.25 bits per heavy atom. The van der Waals surface area contributed by atoms with Crippen LogP contribution >= 0.6 is 0 Å². The molecule has 2 aliphatic carbocycles. The molecule has 0 spiro atoms. The number of aliphatic carboxylic acids is 1. The number of carbonyl (C=O) groups is 2.